The topological polar surface area (TPSA) is 66.5 Å². The van der Waals surface area contributed by atoms with Crippen molar-refractivity contribution in [2.75, 3.05) is 11.4 Å². The second kappa shape index (κ2) is 6.93. The van der Waals surface area contributed by atoms with Crippen molar-refractivity contribution < 1.29 is 13.2 Å². The Bertz CT molecular complexity index is 853. The lowest BCUT2D eigenvalue weighted by Crippen LogP contribution is -2.25. The van der Waals surface area contributed by atoms with Gasteiger partial charge in [0.2, 0.25) is 15.9 Å². The Morgan fingerprint density at radius 3 is 2.50 bits per heavy atom. The van der Waals surface area contributed by atoms with Crippen molar-refractivity contribution in [3.8, 4) is 0 Å². The average molecular weight is 365 g/mol. The summed E-state index contributed by atoms with van der Waals surface area (Å²) in [4.78, 5) is 13.4. The third-order valence-corrected chi connectivity index (χ3v) is 5.78. The van der Waals surface area contributed by atoms with Gasteiger partial charge in [-0.05, 0) is 30.2 Å². The zero-order valence-corrected chi connectivity index (χ0v) is 14.5. The number of sulfonamides is 1. The summed E-state index contributed by atoms with van der Waals surface area (Å²) in [6.07, 6.45) is 1.31. The van der Waals surface area contributed by atoms with Gasteiger partial charge in [0.05, 0.1) is 5.02 Å². The summed E-state index contributed by atoms with van der Waals surface area (Å²) < 4.78 is 27.4. The van der Waals surface area contributed by atoms with E-state index in [0.717, 1.165) is 12.0 Å². The molecule has 0 radical (unpaired) electrons. The molecule has 7 heteroatoms. The summed E-state index contributed by atoms with van der Waals surface area (Å²) in [6, 6.07) is 13.8. The first-order valence-corrected chi connectivity index (χ1v) is 9.47. The number of halogens is 1. The van der Waals surface area contributed by atoms with E-state index in [-0.39, 0.29) is 22.4 Å². The minimum Gasteiger partial charge on any atom is -0.312 e. The maximum absolute atomic E-state index is 12.4. The highest BCUT2D eigenvalue weighted by molar-refractivity contribution is 7.89. The fourth-order valence-corrected chi connectivity index (χ4v) is 4.20. The highest BCUT2D eigenvalue weighted by atomic mass is 35.5. The zero-order valence-electron chi connectivity index (χ0n) is 12.9. The van der Waals surface area contributed by atoms with Crippen LogP contribution in [0.1, 0.15) is 18.4 Å². The molecule has 0 unspecified atom stereocenters. The van der Waals surface area contributed by atoms with Crippen molar-refractivity contribution >= 4 is 33.2 Å². The van der Waals surface area contributed by atoms with Gasteiger partial charge in [-0.2, -0.15) is 0 Å². The molecule has 0 aliphatic carbocycles. The molecule has 1 amide bonds. The van der Waals surface area contributed by atoms with Crippen molar-refractivity contribution in [2.45, 2.75) is 24.3 Å². The molecular weight excluding hydrogens is 348 g/mol. The molecule has 2 aromatic rings. The fraction of sp³-hybridized carbons (Fsp3) is 0.235. The molecule has 0 atom stereocenters. The lowest BCUT2D eigenvalue weighted by molar-refractivity contribution is -0.117. The van der Waals surface area contributed by atoms with Gasteiger partial charge in [-0.25, -0.2) is 13.1 Å². The van der Waals surface area contributed by atoms with Gasteiger partial charge in [-0.3, -0.25) is 4.79 Å². The molecule has 2 aromatic carbocycles. The normalized spacial score (nSPS) is 15.0. The molecule has 0 bridgehead atoms. The van der Waals surface area contributed by atoms with Gasteiger partial charge >= 0.3 is 0 Å². The van der Waals surface area contributed by atoms with E-state index in [0.29, 0.717) is 18.7 Å². The van der Waals surface area contributed by atoms with Crippen LogP contribution in [-0.2, 0) is 21.4 Å². The van der Waals surface area contributed by atoms with E-state index in [1.54, 1.807) is 11.0 Å². The van der Waals surface area contributed by atoms with Crippen molar-refractivity contribution in [1.82, 2.24) is 4.72 Å². The quantitative estimate of drug-likeness (QED) is 0.887. The lowest BCUT2D eigenvalue weighted by atomic mass is 10.2. The van der Waals surface area contributed by atoms with Crippen LogP contribution in [0.3, 0.4) is 0 Å². The lowest BCUT2D eigenvalue weighted by Gasteiger charge is -2.17. The van der Waals surface area contributed by atoms with Crippen molar-refractivity contribution in [3.63, 3.8) is 0 Å². The number of hydrogen-bond acceptors (Lipinski definition) is 3. The van der Waals surface area contributed by atoms with Crippen LogP contribution in [-0.4, -0.2) is 20.9 Å². The number of nitrogens with one attached hydrogen (secondary N) is 1. The van der Waals surface area contributed by atoms with Gasteiger partial charge in [-0.15, -0.1) is 0 Å². The van der Waals surface area contributed by atoms with Crippen LogP contribution in [0.2, 0.25) is 5.02 Å². The van der Waals surface area contributed by atoms with Gasteiger partial charge < -0.3 is 4.90 Å². The third kappa shape index (κ3) is 3.61. The van der Waals surface area contributed by atoms with Crippen LogP contribution in [0.4, 0.5) is 5.69 Å². The number of anilines is 1. The Morgan fingerprint density at radius 1 is 1.12 bits per heavy atom. The molecule has 1 N–H and O–H groups in total. The molecule has 1 aliphatic rings. The van der Waals surface area contributed by atoms with Gasteiger partial charge in [0.15, 0.2) is 0 Å². The average Bonchev–Trinajstić information content (AvgIpc) is 3.00. The molecule has 1 heterocycles. The number of nitrogens with zero attached hydrogens (tertiary/aromatic N) is 1. The van der Waals surface area contributed by atoms with Gasteiger partial charge in [0.25, 0.3) is 0 Å². The van der Waals surface area contributed by atoms with Crippen LogP contribution in [0, 0.1) is 0 Å². The summed E-state index contributed by atoms with van der Waals surface area (Å²) in [5.74, 6) is 0.0314. The summed E-state index contributed by atoms with van der Waals surface area (Å²) in [5.41, 5.74) is 1.49. The van der Waals surface area contributed by atoms with Crippen LogP contribution in [0.5, 0.6) is 0 Å². The Hall–Kier alpha value is -1.89. The van der Waals surface area contributed by atoms with Crippen LogP contribution in [0.15, 0.2) is 53.4 Å². The van der Waals surface area contributed by atoms with E-state index in [4.69, 9.17) is 11.6 Å². The van der Waals surface area contributed by atoms with Gasteiger partial charge in [0, 0.05) is 25.2 Å². The minimum absolute atomic E-state index is 0.00972. The van der Waals surface area contributed by atoms with Crippen LogP contribution in [0.25, 0.3) is 0 Å². The summed E-state index contributed by atoms with van der Waals surface area (Å²) in [6.45, 7) is 0.819. The Kier molecular flexibility index (Phi) is 4.89. The predicted octanol–water partition coefficient (Wildman–Crippen LogP) is 2.95. The number of benzene rings is 2. The zero-order chi connectivity index (χ0) is 17.2. The fourth-order valence-electron chi connectivity index (χ4n) is 2.65. The van der Waals surface area contributed by atoms with E-state index in [1.165, 1.54) is 12.1 Å². The third-order valence-electron chi connectivity index (χ3n) is 3.90. The number of rotatable bonds is 5. The molecule has 0 aromatic heterocycles. The molecule has 1 fully saturated rings. The van der Waals surface area contributed by atoms with E-state index in [1.807, 2.05) is 30.3 Å². The highest BCUT2D eigenvalue weighted by Gasteiger charge is 2.24. The molecule has 1 aliphatic heterocycles. The molecule has 0 saturated carbocycles. The van der Waals surface area contributed by atoms with E-state index in [2.05, 4.69) is 4.72 Å². The van der Waals surface area contributed by atoms with Crippen LogP contribution >= 0.6 is 11.6 Å². The first-order chi connectivity index (χ1) is 11.5. The number of hydrogen-bond donors (Lipinski definition) is 1. The highest BCUT2D eigenvalue weighted by Crippen LogP contribution is 2.29. The molecule has 5 nitrogen and oxygen atoms in total. The standard InChI is InChI=1S/C17H17ClN2O3S/c18-15-11-14(20-10-4-7-17(20)21)8-9-16(15)24(22,23)19-12-13-5-2-1-3-6-13/h1-3,5-6,8-9,11,19H,4,7,10,12H2. The van der Waals surface area contributed by atoms with Crippen molar-refractivity contribution in [2.24, 2.45) is 0 Å². The SMILES string of the molecule is O=C1CCCN1c1ccc(S(=O)(=O)NCc2ccccc2)c(Cl)c1. The predicted molar refractivity (Wildman–Crippen MR) is 93.5 cm³/mol. The van der Waals surface area contributed by atoms with Crippen molar-refractivity contribution in [1.29, 1.82) is 0 Å². The largest absolute Gasteiger partial charge is 0.312 e. The second-order valence-electron chi connectivity index (χ2n) is 5.57. The van der Waals surface area contributed by atoms with Crippen LogP contribution < -0.4 is 9.62 Å². The Balaban J connectivity index is 1.79. The smallest absolute Gasteiger partial charge is 0.242 e. The Morgan fingerprint density at radius 2 is 1.88 bits per heavy atom. The van der Waals surface area contributed by atoms with E-state index < -0.39 is 10.0 Å². The minimum atomic E-state index is -3.73. The summed E-state index contributed by atoms with van der Waals surface area (Å²) in [7, 11) is -3.73. The first kappa shape index (κ1) is 17.0. The number of amides is 1. The molecule has 1 saturated heterocycles. The van der Waals surface area contributed by atoms with Gasteiger partial charge in [0.1, 0.15) is 4.90 Å². The monoisotopic (exact) mass is 364 g/mol. The number of carbonyl (C=O) groups is 1. The summed E-state index contributed by atoms with van der Waals surface area (Å²) >= 11 is 6.16. The molecule has 24 heavy (non-hydrogen) atoms. The summed E-state index contributed by atoms with van der Waals surface area (Å²) in [5, 5.41) is 0.104. The first-order valence-electron chi connectivity index (χ1n) is 7.61. The number of carbonyl (C=O) groups excluding carboxylic acids is 1. The Labute approximate surface area is 146 Å². The second-order valence-corrected chi connectivity index (χ2v) is 7.72. The molecule has 0 spiro atoms. The maximum atomic E-state index is 12.4. The van der Waals surface area contributed by atoms with Crippen molar-refractivity contribution in [3.05, 3.63) is 59.1 Å². The van der Waals surface area contributed by atoms with E-state index in [9.17, 15) is 13.2 Å². The molecule has 126 valence electrons. The van der Waals surface area contributed by atoms with E-state index >= 15 is 0 Å². The maximum Gasteiger partial charge on any atom is 0.242 e. The molecule has 3 rings (SSSR count). The molecular formula is C17H17ClN2O3S. The van der Waals surface area contributed by atoms with Gasteiger partial charge in [-0.1, -0.05) is 41.9 Å².